The van der Waals surface area contributed by atoms with Crippen molar-refractivity contribution in [3.63, 3.8) is 0 Å². The molecule has 8 nitrogen and oxygen atoms in total. The first-order valence-corrected chi connectivity index (χ1v) is 13.2. The zero-order valence-corrected chi connectivity index (χ0v) is 21.1. The monoisotopic (exact) mass is 530 g/mol. The summed E-state index contributed by atoms with van der Waals surface area (Å²) in [5.41, 5.74) is -0.149. The minimum Gasteiger partial charge on any atom is -0.321 e. The van der Waals surface area contributed by atoms with Crippen LogP contribution in [0.15, 0.2) is 71.6 Å². The van der Waals surface area contributed by atoms with E-state index in [1.54, 1.807) is 49.5 Å². The van der Waals surface area contributed by atoms with Gasteiger partial charge in [0.15, 0.2) is 9.84 Å². The predicted molar refractivity (Wildman–Crippen MR) is 137 cm³/mol. The van der Waals surface area contributed by atoms with Crippen LogP contribution in [0.25, 0.3) is 11.1 Å². The molecule has 1 saturated heterocycles. The molecule has 0 radical (unpaired) electrons. The molecule has 0 aromatic heterocycles. The number of hydrogen-bond acceptors (Lipinski definition) is 5. The van der Waals surface area contributed by atoms with E-state index in [4.69, 9.17) is 11.6 Å². The van der Waals surface area contributed by atoms with Crippen molar-refractivity contribution in [2.45, 2.75) is 10.4 Å². The third-order valence-electron chi connectivity index (χ3n) is 5.78. The van der Waals surface area contributed by atoms with E-state index in [1.165, 1.54) is 24.3 Å². The average Bonchev–Trinajstić information content (AvgIpc) is 2.80. The van der Waals surface area contributed by atoms with E-state index in [0.29, 0.717) is 21.8 Å². The number of anilines is 2. The number of carbonyl (C=O) groups excluding carboxylic acids is 2. The SMILES string of the molecule is CN1CC(NC(=O)Nc2ccc(Cl)cc2)(C(=O)Nc2ccc(-c3ccccc3S(C)(=O)=O)cc2F)C1. The van der Waals surface area contributed by atoms with E-state index in [0.717, 1.165) is 6.26 Å². The number of amides is 3. The summed E-state index contributed by atoms with van der Waals surface area (Å²) in [5.74, 6) is -1.31. The lowest BCUT2D eigenvalue weighted by Crippen LogP contribution is -2.74. The normalized spacial score (nSPS) is 15.0. The van der Waals surface area contributed by atoms with Crippen LogP contribution in [0, 0.1) is 5.82 Å². The lowest BCUT2D eigenvalue weighted by molar-refractivity contribution is -0.128. The Labute approximate surface area is 213 Å². The lowest BCUT2D eigenvalue weighted by Gasteiger charge is -2.47. The number of carbonyl (C=O) groups is 2. The van der Waals surface area contributed by atoms with Gasteiger partial charge in [-0.15, -0.1) is 0 Å². The van der Waals surface area contributed by atoms with Gasteiger partial charge in [-0.1, -0.05) is 35.9 Å². The van der Waals surface area contributed by atoms with Crippen molar-refractivity contribution in [1.82, 2.24) is 10.2 Å². The van der Waals surface area contributed by atoms with E-state index in [2.05, 4.69) is 16.0 Å². The highest BCUT2D eigenvalue weighted by atomic mass is 35.5. The van der Waals surface area contributed by atoms with Crippen molar-refractivity contribution >= 4 is 44.8 Å². The number of benzene rings is 3. The molecule has 1 fully saturated rings. The molecule has 3 aromatic rings. The van der Waals surface area contributed by atoms with Gasteiger partial charge in [0.2, 0.25) is 0 Å². The molecule has 188 valence electrons. The van der Waals surface area contributed by atoms with Crippen molar-refractivity contribution in [2.24, 2.45) is 0 Å². The van der Waals surface area contributed by atoms with E-state index >= 15 is 4.39 Å². The summed E-state index contributed by atoms with van der Waals surface area (Å²) >= 11 is 5.86. The van der Waals surface area contributed by atoms with Crippen LogP contribution in [0.3, 0.4) is 0 Å². The Morgan fingerprint density at radius 1 is 1.00 bits per heavy atom. The second kappa shape index (κ2) is 9.88. The number of urea groups is 1. The fourth-order valence-corrected chi connectivity index (χ4v) is 5.16. The van der Waals surface area contributed by atoms with E-state index in [-0.39, 0.29) is 23.7 Å². The van der Waals surface area contributed by atoms with Crippen LogP contribution < -0.4 is 16.0 Å². The first-order valence-electron chi connectivity index (χ1n) is 10.9. The number of nitrogens with zero attached hydrogens (tertiary/aromatic N) is 1. The topological polar surface area (TPSA) is 108 Å². The molecule has 0 bridgehead atoms. The number of rotatable bonds is 6. The zero-order valence-electron chi connectivity index (χ0n) is 19.5. The first kappa shape index (κ1) is 25.6. The number of hydrogen-bond donors (Lipinski definition) is 3. The van der Waals surface area contributed by atoms with E-state index < -0.39 is 33.1 Å². The Morgan fingerprint density at radius 2 is 1.67 bits per heavy atom. The molecule has 1 aliphatic heterocycles. The number of likely N-dealkylation sites (N-methyl/N-ethyl adjacent to an activating group) is 1. The Bertz CT molecular complexity index is 1420. The smallest absolute Gasteiger partial charge is 0.320 e. The van der Waals surface area contributed by atoms with Gasteiger partial charge in [0, 0.05) is 35.6 Å². The molecule has 0 atom stereocenters. The molecule has 0 saturated carbocycles. The largest absolute Gasteiger partial charge is 0.321 e. The van der Waals surface area contributed by atoms with Gasteiger partial charge in [-0.2, -0.15) is 0 Å². The third-order valence-corrected chi connectivity index (χ3v) is 7.19. The standard InChI is InChI=1S/C25H24ClFN4O4S/c1-31-14-25(15-31,30-24(33)28-18-10-8-17(26)9-11-18)23(32)29-21-12-7-16(13-20(21)27)19-5-3-4-6-22(19)36(2,34)35/h3-13H,14-15H2,1-2H3,(H,29,32)(H2,28,30,33). The Hall–Kier alpha value is -3.47. The molecule has 4 rings (SSSR count). The van der Waals surface area contributed by atoms with Gasteiger partial charge in [0.05, 0.1) is 10.6 Å². The molecular weight excluding hydrogens is 507 g/mol. The van der Waals surface area contributed by atoms with Crippen molar-refractivity contribution in [3.8, 4) is 11.1 Å². The van der Waals surface area contributed by atoms with Crippen molar-refractivity contribution in [1.29, 1.82) is 0 Å². The number of sulfone groups is 1. The number of nitrogens with one attached hydrogen (secondary N) is 3. The maximum absolute atomic E-state index is 15.0. The summed E-state index contributed by atoms with van der Waals surface area (Å²) < 4.78 is 39.2. The zero-order chi connectivity index (χ0) is 26.1. The molecule has 3 N–H and O–H groups in total. The second-order valence-corrected chi connectivity index (χ2v) is 11.2. The van der Waals surface area contributed by atoms with Gasteiger partial charge in [0.25, 0.3) is 5.91 Å². The van der Waals surface area contributed by atoms with Crippen LogP contribution in [-0.2, 0) is 14.6 Å². The summed E-state index contributed by atoms with van der Waals surface area (Å²) in [5, 5.41) is 8.42. The highest BCUT2D eigenvalue weighted by Gasteiger charge is 2.49. The fourth-order valence-electron chi connectivity index (χ4n) is 4.12. The Kier molecular flexibility index (Phi) is 7.03. The summed E-state index contributed by atoms with van der Waals surface area (Å²) in [6.07, 6.45) is 1.09. The van der Waals surface area contributed by atoms with Crippen molar-refractivity contribution in [3.05, 3.63) is 77.6 Å². The van der Waals surface area contributed by atoms with E-state index in [1.807, 2.05) is 4.90 Å². The molecule has 3 aromatic carbocycles. The number of halogens is 2. The predicted octanol–water partition coefficient (Wildman–Crippen LogP) is 3.99. The summed E-state index contributed by atoms with van der Waals surface area (Å²) in [4.78, 5) is 27.6. The van der Waals surface area contributed by atoms with Gasteiger partial charge in [-0.25, -0.2) is 17.6 Å². The van der Waals surface area contributed by atoms with Crippen LogP contribution in [0.1, 0.15) is 0 Å². The van der Waals surface area contributed by atoms with Crippen LogP contribution in [-0.4, -0.2) is 57.2 Å². The maximum atomic E-state index is 15.0. The highest BCUT2D eigenvalue weighted by Crippen LogP contribution is 2.30. The Morgan fingerprint density at radius 3 is 2.28 bits per heavy atom. The molecule has 1 heterocycles. The Balaban J connectivity index is 1.51. The van der Waals surface area contributed by atoms with Crippen molar-refractivity contribution in [2.75, 3.05) is 37.0 Å². The molecule has 3 amide bonds. The van der Waals surface area contributed by atoms with Gasteiger partial charge in [-0.3, -0.25) is 4.79 Å². The first-order chi connectivity index (χ1) is 17.0. The van der Waals surface area contributed by atoms with Gasteiger partial charge >= 0.3 is 6.03 Å². The summed E-state index contributed by atoms with van der Waals surface area (Å²) in [6.45, 7) is 0.461. The molecular formula is C25H24ClFN4O4S. The average molecular weight is 531 g/mol. The third kappa shape index (κ3) is 5.51. The quantitative estimate of drug-likeness (QED) is 0.446. The van der Waals surface area contributed by atoms with Crippen LogP contribution in [0.4, 0.5) is 20.6 Å². The second-order valence-electron chi connectivity index (χ2n) is 8.76. The molecule has 36 heavy (non-hydrogen) atoms. The molecule has 0 unspecified atom stereocenters. The van der Waals surface area contributed by atoms with Crippen LogP contribution in [0.2, 0.25) is 5.02 Å². The number of likely N-dealkylation sites (tertiary alicyclic amines) is 1. The van der Waals surface area contributed by atoms with Gasteiger partial charge in [0.1, 0.15) is 11.4 Å². The maximum Gasteiger partial charge on any atom is 0.320 e. The lowest BCUT2D eigenvalue weighted by atomic mass is 9.89. The van der Waals surface area contributed by atoms with E-state index in [9.17, 15) is 18.0 Å². The van der Waals surface area contributed by atoms with Crippen LogP contribution in [0.5, 0.6) is 0 Å². The van der Waals surface area contributed by atoms with Gasteiger partial charge in [-0.05, 0) is 55.1 Å². The van der Waals surface area contributed by atoms with Crippen molar-refractivity contribution < 1.29 is 22.4 Å². The molecule has 0 spiro atoms. The summed E-state index contributed by atoms with van der Waals surface area (Å²) in [7, 11) is -1.74. The molecule has 11 heteroatoms. The molecule has 0 aliphatic carbocycles. The minimum atomic E-state index is -3.53. The summed E-state index contributed by atoms with van der Waals surface area (Å²) in [6, 6.07) is 16.3. The fraction of sp³-hybridized carbons (Fsp3) is 0.200. The highest BCUT2D eigenvalue weighted by molar-refractivity contribution is 7.90. The van der Waals surface area contributed by atoms with Gasteiger partial charge < -0.3 is 20.9 Å². The molecule has 1 aliphatic rings. The van der Waals surface area contributed by atoms with Crippen LogP contribution >= 0.6 is 11.6 Å². The minimum absolute atomic E-state index is 0.0774.